The number of nitrogens with zero attached hydrogens (tertiary/aromatic N) is 1. The fourth-order valence-electron chi connectivity index (χ4n) is 2.39. The van der Waals surface area contributed by atoms with Crippen LogP contribution in [0.25, 0.3) is 10.9 Å². The minimum absolute atomic E-state index is 0.249. The monoisotopic (exact) mass is 308 g/mol. The molecule has 0 aliphatic rings. The summed E-state index contributed by atoms with van der Waals surface area (Å²) < 4.78 is 10.4. The molecule has 0 atom stereocenters. The second-order valence-corrected chi connectivity index (χ2v) is 4.90. The molecule has 1 amide bonds. The van der Waals surface area contributed by atoms with Crippen molar-refractivity contribution in [3.05, 3.63) is 60.3 Å². The fourth-order valence-corrected chi connectivity index (χ4v) is 2.39. The molecule has 1 N–H and O–H groups in total. The summed E-state index contributed by atoms with van der Waals surface area (Å²) in [6.45, 7) is 0. The van der Waals surface area contributed by atoms with Crippen LogP contribution in [0, 0.1) is 0 Å². The molecule has 2 aromatic carbocycles. The predicted octanol–water partition coefficient (Wildman–Crippen LogP) is 3.50. The second-order valence-electron chi connectivity index (χ2n) is 4.90. The van der Waals surface area contributed by atoms with Gasteiger partial charge in [-0.15, -0.1) is 0 Å². The van der Waals surface area contributed by atoms with Gasteiger partial charge in [0.05, 0.1) is 31.0 Å². The molecule has 0 bridgehead atoms. The minimum atomic E-state index is -0.249. The van der Waals surface area contributed by atoms with Crippen LogP contribution in [-0.4, -0.2) is 25.1 Å². The molecule has 1 aromatic heterocycles. The van der Waals surface area contributed by atoms with Crippen LogP contribution in [0.3, 0.4) is 0 Å². The highest BCUT2D eigenvalue weighted by atomic mass is 16.5. The normalized spacial score (nSPS) is 10.3. The number of rotatable bonds is 4. The van der Waals surface area contributed by atoms with Crippen LogP contribution in [0.5, 0.6) is 11.5 Å². The van der Waals surface area contributed by atoms with Gasteiger partial charge in [0.2, 0.25) is 0 Å². The average molecular weight is 308 g/mol. The first-order chi connectivity index (χ1) is 11.2. The number of pyridine rings is 1. The molecule has 3 rings (SSSR count). The molecule has 3 aromatic rings. The van der Waals surface area contributed by atoms with E-state index in [1.165, 1.54) is 7.11 Å². The molecule has 5 nitrogen and oxygen atoms in total. The number of aromatic nitrogens is 1. The topological polar surface area (TPSA) is 60.5 Å². The second kappa shape index (κ2) is 6.36. The standard InChI is InChI=1S/C18H16N2O3/c1-22-12-8-9-14(17(11-12)23-2)18(21)20-16-7-3-6-15-13(16)5-4-10-19-15/h3-11H,1-2H3,(H,20,21). The summed E-state index contributed by atoms with van der Waals surface area (Å²) >= 11 is 0. The number of hydrogen-bond acceptors (Lipinski definition) is 4. The Morgan fingerprint density at radius 1 is 1.04 bits per heavy atom. The van der Waals surface area contributed by atoms with E-state index in [1.807, 2.05) is 30.3 Å². The van der Waals surface area contributed by atoms with Gasteiger partial charge < -0.3 is 14.8 Å². The van der Waals surface area contributed by atoms with Crippen LogP contribution in [0.4, 0.5) is 5.69 Å². The molecule has 23 heavy (non-hydrogen) atoms. The van der Waals surface area contributed by atoms with Crippen LogP contribution in [-0.2, 0) is 0 Å². The van der Waals surface area contributed by atoms with Crippen molar-refractivity contribution >= 4 is 22.5 Å². The third-order valence-corrected chi connectivity index (χ3v) is 3.55. The number of methoxy groups -OCH3 is 2. The number of ether oxygens (including phenoxy) is 2. The molecule has 0 saturated heterocycles. The van der Waals surface area contributed by atoms with Crippen molar-refractivity contribution in [2.75, 3.05) is 19.5 Å². The van der Waals surface area contributed by atoms with E-state index in [2.05, 4.69) is 10.3 Å². The molecule has 0 radical (unpaired) electrons. The van der Waals surface area contributed by atoms with Crippen molar-refractivity contribution in [2.24, 2.45) is 0 Å². The number of fused-ring (bicyclic) bond motifs is 1. The van der Waals surface area contributed by atoms with E-state index in [0.717, 1.165) is 10.9 Å². The number of benzene rings is 2. The van der Waals surface area contributed by atoms with E-state index in [4.69, 9.17) is 9.47 Å². The molecule has 0 fully saturated rings. The Balaban J connectivity index is 1.95. The molecule has 5 heteroatoms. The van der Waals surface area contributed by atoms with Crippen LogP contribution >= 0.6 is 0 Å². The molecule has 0 aliphatic carbocycles. The maximum Gasteiger partial charge on any atom is 0.259 e. The van der Waals surface area contributed by atoms with Crippen molar-refractivity contribution in [3.63, 3.8) is 0 Å². The van der Waals surface area contributed by atoms with Crippen LogP contribution in [0.1, 0.15) is 10.4 Å². The maximum atomic E-state index is 12.6. The Morgan fingerprint density at radius 3 is 2.70 bits per heavy atom. The van der Waals surface area contributed by atoms with Gasteiger partial charge in [0.15, 0.2) is 0 Å². The fraction of sp³-hybridized carbons (Fsp3) is 0.111. The molecular formula is C18H16N2O3. The summed E-state index contributed by atoms with van der Waals surface area (Å²) in [6, 6.07) is 14.4. The Kier molecular flexibility index (Phi) is 4.10. The van der Waals surface area contributed by atoms with Gasteiger partial charge in [-0.2, -0.15) is 0 Å². The Bertz CT molecular complexity index is 857. The third-order valence-electron chi connectivity index (χ3n) is 3.55. The van der Waals surface area contributed by atoms with E-state index < -0.39 is 0 Å². The number of amides is 1. The first kappa shape index (κ1) is 14.8. The van der Waals surface area contributed by atoms with E-state index in [0.29, 0.717) is 22.7 Å². The zero-order valence-electron chi connectivity index (χ0n) is 12.9. The van der Waals surface area contributed by atoms with Crippen molar-refractivity contribution < 1.29 is 14.3 Å². The van der Waals surface area contributed by atoms with Crippen molar-refractivity contribution in [1.29, 1.82) is 0 Å². The number of carbonyl (C=O) groups excluding carboxylic acids is 1. The van der Waals surface area contributed by atoms with Crippen molar-refractivity contribution in [2.45, 2.75) is 0 Å². The zero-order chi connectivity index (χ0) is 16.2. The van der Waals surface area contributed by atoms with Crippen LogP contribution in [0.15, 0.2) is 54.7 Å². The van der Waals surface area contributed by atoms with Gasteiger partial charge in [-0.3, -0.25) is 9.78 Å². The average Bonchev–Trinajstić information content (AvgIpc) is 2.61. The third kappa shape index (κ3) is 2.94. The predicted molar refractivity (Wildman–Crippen MR) is 89.2 cm³/mol. The lowest BCUT2D eigenvalue weighted by molar-refractivity contribution is 0.102. The SMILES string of the molecule is COc1ccc(C(=O)Nc2cccc3ncccc23)c(OC)c1. The first-order valence-corrected chi connectivity index (χ1v) is 7.10. The van der Waals surface area contributed by atoms with Gasteiger partial charge in [-0.05, 0) is 36.4 Å². The van der Waals surface area contributed by atoms with Gasteiger partial charge in [-0.25, -0.2) is 0 Å². The highest BCUT2D eigenvalue weighted by Crippen LogP contribution is 2.27. The molecule has 0 spiro atoms. The smallest absolute Gasteiger partial charge is 0.259 e. The largest absolute Gasteiger partial charge is 0.497 e. The lowest BCUT2D eigenvalue weighted by Crippen LogP contribution is -2.13. The lowest BCUT2D eigenvalue weighted by atomic mass is 10.1. The Hall–Kier alpha value is -3.08. The van der Waals surface area contributed by atoms with E-state index in [9.17, 15) is 4.79 Å². The quantitative estimate of drug-likeness (QED) is 0.801. The van der Waals surface area contributed by atoms with Gasteiger partial charge in [0.25, 0.3) is 5.91 Å². The molecule has 0 unspecified atom stereocenters. The van der Waals surface area contributed by atoms with Gasteiger partial charge in [0, 0.05) is 17.6 Å². The molecule has 0 saturated carbocycles. The summed E-state index contributed by atoms with van der Waals surface area (Å²) in [6.07, 6.45) is 1.72. The number of nitrogens with one attached hydrogen (secondary N) is 1. The van der Waals surface area contributed by atoms with Crippen molar-refractivity contribution in [1.82, 2.24) is 4.98 Å². The van der Waals surface area contributed by atoms with Crippen LogP contribution < -0.4 is 14.8 Å². The highest BCUT2D eigenvalue weighted by molar-refractivity contribution is 6.10. The summed E-state index contributed by atoms with van der Waals surface area (Å²) in [4.78, 5) is 16.9. The van der Waals surface area contributed by atoms with Crippen molar-refractivity contribution in [3.8, 4) is 11.5 Å². The number of carbonyl (C=O) groups is 1. The van der Waals surface area contributed by atoms with E-state index >= 15 is 0 Å². The van der Waals surface area contributed by atoms with Gasteiger partial charge >= 0.3 is 0 Å². The maximum absolute atomic E-state index is 12.6. The molecule has 116 valence electrons. The van der Waals surface area contributed by atoms with Gasteiger partial charge in [0.1, 0.15) is 11.5 Å². The summed E-state index contributed by atoms with van der Waals surface area (Å²) in [5, 5.41) is 3.80. The molecular weight excluding hydrogens is 292 g/mol. The highest BCUT2D eigenvalue weighted by Gasteiger charge is 2.14. The van der Waals surface area contributed by atoms with E-state index in [-0.39, 0.29) is 5.91 Å². The van der Waals surface area contributed by atoms with E-state index in [1.54, 1.807) is 31.5 Å². The lowest BCUT2D eigenvalue weighted by Gasteiger charge is -2.12. The van der Waals surface area contributed by atoms with Gasteiger partial charge in [-0.1, -0.05) is 6.07 Å². The molecule has 0 aliphatic heterocycles. The summed E-state index contributed by atoms with van der Waals surface area (Å²) in [5.74, 6) is 0.842. The summed E-state index contributed by atoms with van der Waals surface area (Å²) in [7, 11) is 3.09. The summed E-state index contributed by atoms with van der Waals surface area (Å²) in [5.41, 5.74) is 1.97. The Morgan fingerprint density at radius 2 is 1.91 bits per heavy atom. The Labute approximate surface area is 133 Å². The zero-order valence-corrected chi connectivity index (χ0v) is 12.9. The number of anilines is 1. The number of hydrogen-bond donors (Lipinski definition) is 1. The first-order valence-electron chi connectivity index (χ1n) is 7.10. The minimum Gasteiger partial charge on any atom is -0.497 e. The van der Waals surface area contributed by atoms with Crippen LogP contribution in [0.2, 0.25) is 0 Å². The molecule has 1 heterocycles.